The van der Waals surface area contributed by atoms with Crippen LogP contribution in [0.3, 0.4) is 0 Å². The lowest BCUT2D eigenvalue weighted by Crippen LogP contribution is -2.58. The minimum absolute atomic E-state index is 0.000757. The van der Waals surface area contributed by atoms with E-state index in [1.54, 1.807) is 44.2 Å². The second-order valence-electron chi connectivity index (χ2n) is 14.0. The quantitative estimate of drug-likeness (QED) is 0.0570. The molecule has 0 saturated heterocycles. The molecule has 12 N–H and O–H groups in total. The van der Waals surface area contributed by atoms with Gasteiger partial charge in [0.2, 0.25) is 35.4 Å². The van der Waals surface area contributed by atoms with Crippen LogP contribution < -0.4 is 43.4 Å². The van der Waals surface area contributed by atoms with Crippen LogP contribution in [0.4, 0.5) is 0 Å². The van der Waals surface area contributed by atoms with E-state index in [4.69, 9.17) is 16.6 Å². The number of hydrogen-bond donors (Lipinski definition) is 10. The Morgan fingerprint density at radius 2 is 1.31 bits per heavy atom. The molecule has 0 aliphatic rings. The zero-order chi connectivity index (χ0) is 39.5. The molecule has 0 aliphatic heterocycles. The smallest absolute Gasteiger partial charge is 0.305 e. The van der Waals surface area contributed by atoms with Gasteiger partial charge in [0.05, 0.1) is 37.7 Å². The highest BCUT2D eigenvalue weighted by Crippen LogP contribution is 2.10. The summed E-state index contributed by atoms with van der Waals surface area (Å²) in [6, 6.07) is 2.79. The summed E-state index contributed by atoms with van der Waals surface area (Å²) in [4.78, 5) is 88.1. The van der Waals surface area contributed by atoms with E-state index in [1.807, 2.05) is 27.7 Å². The summed E-state index contributed by atoms with van der Waals surface area (Å²) in [7, 11) is 0. The van der Waals surface area contributed by atoms with E-state index in [0.717, 1.165) is 5.56 Å². The highest BCUT2D eigenvalue weighted by molar-refractivity contribution is 5.94. The molecule has 0 radical (unpaired) electrons. The van der Waals surface area contributed by atoms with Gasteiger partial charge in [-0.1, -0.05) is 71.9 Å². The van der Waals surface area contributed by atoms with Gasteiger partial charge in [-0.2, -0.15) is 0 Å². The zero-order valence-electron chi connectivity index (χ0n) is 30.9. The topological polar surface area (TPSA) is 284 Å². The average Bonchev–Trinajstić information content (AvgIpc) is 3.05. The number of hydrogen-bond acceptors (Lipinski definition) is 10. The van der Waals surface area contributed by atoms with E-state index in [1.165, 1.54) is 0 Å². The van der Waals surface area contributed by atoms with Gasteiger partial charge < -0.3 is 53.6 Å². The van der Waals surface area contributed by atoms with Gasteiger partial charge in [0.15, 0.2) is 0 Å². The molecule has 0 bridgehead atoms. The minimum Gasteiger partial charge on any atom is -0.481 e. The molecule has 0 aromatic heterocycles. The third-order valence-electron chi connectivity index (χ3n) is 7.90. The molecule has 6 amide bonds. The first kappa shape index (κ1) is 45.4. The number of primary amides is 1. The highest BCUT2D eigenvalue weighted by atomic mass is 16.4. The first-order valence-corrected chi connectivity index (χ1v) is 17.5. The van der Waals surface area contributed by atoms with Gasteiger partial charge >= 0.3 is 5.97 Å². The molecule has 52 heavy (non-hydrogen) atoms. The van der Waals surface area contributed by atoms with Gasteiger partial charge in [0.1, 0.15) is 18.1 Å². The van der Waals surface area contributed by atoms with Crippen LogP contribution >= 0.6 is 0 Å². The van der Waals surface area contributed by atoms with Gasteiger partial charge in [0, 0.05) is 6.54 Å². The summed E-state index contributed by atoms with van der Waals surface area (Å²) in [5, 5.41) is 34.7. The van der Waals surface area contributed by atoms with Gasteiger partial charge in [-0.3, -0.25) is 33.6 Å². The number of aliphatic carboxylic acids is 1. The summed E-state index contributed by atoms with van der Waals surface area (Å²) >= 11 is 0. The molecule has 1 rings (SSSR count). The van der Waals surface area contributed by atoms with E-state index in [9.17, 15) is 38.7 Å². The lowest BCUT2D eigenvalue weighted by atomic mass is 10.00. The summed E-state index contributed by atoms with van der Waals surface area (Å²) in [6.45, 7) is 9.75. The molecular weight excluding hydrogens is 676 g/mol. The van der Waals surface area contributed by atoms with Crippen LogP contribution in [0.15, 0.2) is 30.3 Å². The number of amides is 6. The molecule has 1 aromatic rings. The Hall–Kier alpha value is -4.61. The Morgan fingerprint density at radius 3 is 1.83 bits per heavy atom. The number of carbonyl (C=O) groups excluding carboxylic acids is 6. The second kappa shape index (κ2) is 23.1. The summed E-state index contributed by atoms with van der Waals surface area (Å²) in [5.74, 6) is -5.55. The number of nitrogens with one attached hydrogen (secondary N) is 6. The maximum atomic E-state index is 13.6. The standard InChI is InChI=1S/C35H58N8O9/c1-19(2)12-25(31(37)48)42-34(51)27(13-20(3)4)41-28(45)17-39-35(52)30(21(5)6)43-33(50)26(14-22-10-8-7-9-11-22)38-16-23(18-44)40-32(49)24(36)15-29(46)47/h7-11,19-21,23-27,30,38,44H,12-18,36H2,1-6H3,(H2,37,48)(H,39,52)(H,40,49)(H,41,45)(H,42,51)(H,43,50)(H,46,47)/t23-,24+,25+,26+,27+,30+/m1/s1. The maximum Gasteiger partial charge on any atom is 0.305 e. The van der Waals surface area contributed by atoms with Crippen LogP contribution in [0.5, 0.6) is 0 Å². The maximum absolute atomic E-state index is 13.6. The Morgan fingerprint density at radius 1 is 0.731 bits per heavy atom. The van der Waals surface area contributed by atoms with Gasteiger partial charge in [-0.25, -0.2) is 0 Å². The van der Waals surface area contributed by atoms with E-state index in [2.05, 4.69) is 31.9 Å². The number of carbonyl (C=O) groups is 7. The molecule has 1 aromatic carbocycles. The number of aliphatic hydroxyl groups is 1. The minimum atomic E-state index is -1.34. The van der Waals surface area contributed by atoms with Crippen LogP contribution in [0.1, 0.15) is 66.4 Å². The predicted molar refractivity (Wildman–Crippen MR) is 193 cm³/mol. The monoisotopic (exact) mass is 734 g/mol. The fraction of sp³-hybridized carbons (Fsp3) is 0.629. The molecule has 0 heterocycles. The Balaban J connectivity index is 3.01. The van der Waals surface area contributed by atoms with Crippen molar-refractivity contribution in [3.63, 3.8) is 0 Å². The molecule has 0 aliphatic carbocycles. The number of nitrogens with two attached hydrogens (primary N) is 2. The number of aliphatic hydroxyl groups excluding tert-OH is 1. The summed E-state index contributed by atoms with van der Waals surface area (Å²) < 4.78 is 0. The van der Waals surface area contributed by atoms with Crippen molar-refractivity contribution in [1.82, 2.24) is 31.9 Å². The van der Waals surface area contributed by atoms with E-state index in [0.29, 0.717) is 6.42 Å². The summed E-state index contributed by atoms with van der Waals surface area (Å²) in [6.07, 6.45) is 0.139. The van der Waals surface area contributed by atoms with Crippen molar-refractivity contribution in [3.05, 3.63) is 35.9 Å². The molecule has 0 fully saturated rings. The van der Waals surface area contributed by atoms with Crippen LogP contribution in [0.2, 0.25) is 0 Å². The first-order valence-electron chi connectivity index (χ1n) is 17.5. The van der Waals surface area contributed by atoms with Gasteiger partial charge in [0.25, 0.3) is 0 Å². The fourth-order valence-electron chi connectivity index (χ4n) is 5.15. The average molecular weight is 735 g/mol. The second-order valence-corrected chi connectivity index (χ2v) is 14.0. The van der Waals surface area contributed by atoms with Crippen LogP contribution in [-0.4, -0.2) is 108 Å². The molecular formula is C35H58N8O9. The number of rotatable bonds is 24. The fourth-order valence-corrected chi connectivity index (χ4v) is 5.15. The van der Waals surface area contributed by atoms with Crippen LogP contribution in [0.25, 0.3) is 0 Å². The third-order valence-corrected chi connectivity index (χ3v) is 7.90. The molecule has 0 saturated carbocycles. The van der Waals surface area contributed by atoms with Gasteiger partial charge in [-0.15, -0.1) is 0 Å². The Bertz CT molecular complexity index is 1340. The molecule has 6 atom stereocenters. The Labute approximate surface area is 305 Å². The van der Waals surface area contributed by atoms with E-state index >= 15 is 0 Å². The normalized spacial score (nSPS) is 14.8. The van der Waals surface area contributed by atoms with E-state index < -0.39 is 103 Å². The highest BCUT2D eigenvalue weighted by Gasteiger charge is 2.31. The van der Waals surface area contributed by atoms with Crippen molar-refractivity contribution in [3.8, 4) is 0 Å². The number of carboxylic acids is 1. The predicted octanol–water partition coefficient (Wildman–Crippen LogP) is -1.73. The number of carboxylic acid groups (broad SMARTS) is 1. The molecule has 17 nitrogen and oxygen atoms in total. The van der Waals surface area contributed by atoms with Gasteiger partial charge in [-0.05, 0) is 42.6 Å². The first-order chi connectivity index (χ1) is 24.3. The van der Waals surface area contributed by atoms with Crippen molar-refractivity contribution in [2.45, 2.75) is 103 Å². The molecule has 0 unspecified atom stereocenters. The largest absolute Gasteiger partial charge is 0.481 e. The van der Waals surface area contributed by atoms with Crippen molar-refractivity contribution in [1.29, 1.82) is 0 Å². The third kappa shape index (κ3) is 17.5. The SMILES string of the molecule is CC(C)C[C@H](NC(=O)[C@H](CC(C)C)NC(=O)CNC(=O)[C@@H](NC(=O)[C@H](Cc1ccccc1)NC[C@H](CO)NC(=O)[C@@H](N)CC(=O)O)C(C)C)C(N)=O. The van der Waals surface area contributed by atoms with Crippen LogP contribution in [0, 0.1) is 17.8 Å². The molecule has 17 heteroatoms. The molecule has 0 spiro atoms. The zero-order valence-corrected chi connectivity index (χ0v) is 30.9. The van der Waals surface area contributed by atoms with E-state index in [-0.39, 0.29) is 31.2 Å². The van der Waals surface area contributed by atoms with Crippen molar-refractivity contribution >= 4 is 41.4 Å². The lowest BCUT2D eigenvalue weighted by molar-refractivity contribution is -0.139. The Kier molecular flexibility index (Phi) is 20.1. The molecule has 292 valence electrons. The van der Waals surface area contributed by atoms with Crippen molar-refractivity contribution in [2.75, 3.05) is 19.7 Å². The number of benzene rings is 1. The van der Waals surface area contributed by atoms with Crippen molar-refractivity contribution in [2.24, 2.45) is 29.2 Å². The van der Waals surface area contributed by atoms with Crippen molar-refractivity contribution < 1.29 is 43.8 Å². The van der Waals surface area contributed by atoms with Crippen LogP contribution in [-0.2, 0) is 40.0 Å². The lowest BCUT2D eigenvalue weighted by Gasteiger charge is -2.27. The summed E-state index contributed by atoms with van der Waals surface area (Å²) in [5.41, 5.74) is 11.9.